The Labute approximate surface area is 184 Å². The van der Waals surface area contributed by atoms with Gasteiger partial charge in [-0.15, -0.1) is 11.3 Å². The van der Waals surface area contributed by atoms with Gasteiger partial charge >= 0.3 is 5.97 Å². The van der Waals surface area contributed by atoms with Gasteiger partial charge in [0.05, 0.1) is 22.7 Å². The van der Waals surface area contributed by atoms with Crippen LogP contribution in [0.2, 0.25) is 10.0 Å². The molecule has 1 saturated heterocycles. The summed E-state index contributed by atoms with van der Waals surface area (Å²) in [6.45, 7) is 5.22. The van der Waals surface area contributed by atoms with Crippen LogP contribution in [0.3, 0.4) is 0 Å². The molecule has 1 N–H and O–H groups in total. The van der Waals surface area contributed by atoms with Crippen molar-refractivity contribution in [1.29, 1.82) is 0 Å². The number of hydrogen-bond acceptors (Lipinski definition) is 5. The first kappa shape index (κ1) is 21.2. The molecule has 0 amide bonds. The van der Waals surface area contributed by atoms with Crippen LogP contribution in [0.1, 0.15) is 22.2 Å². The molecule has 2 aromatic rings. The Hall–Kier alpha value is -1.54. The number of nitrogens with one attached hydrogen (secondary N) is 1. The number of rotatable bonds is 4. The molecule has 2 heterocycles. The summed E-state index contributed by atoms with van der Waals surface area (Å²) < 4.78 is 4.89. The number of thiocarbonyl (C=S) groups is 1. The predicted molar refractivity (Wildman–Crippen MR) is 122 cm³/mol. The first-order valence-corrected chi connectivity index (χ1v) is 10.9. The summed E-state index contributed by atoms with van der Waals surface area (Å²) in [5.74, 6) is -0.356. The largest absolute Gasteiger partial charge is 0.465 e. The zero-order valence-electron chi connectivity index (χ0n) is 15.6. The number of hydrogen-bond donors (Lipinski definition) is 1. The predicted octanol–water partition coefficient (Wildman–Crippen LogP) is 4.92. The molecule has 1 aromatic carbocycles. The molecule has 0 aliphatic carbocycles. The molecule has 0 unspecified atom stereocenters. The van der Waals surface area contributed by atoms with E-state index < -0.39 is 0 Å². The minimum atomic E-state index is -0.356. The number of benzene rings is 1. The van der Waals surface area contributed by atoms with Crippen molar-refractivity contribution in [3.63, 3.8) is 0 Å². The highest BCUT2D eigenvalue weighted by atomic mass is 35.5. The van der Waals surface area contributed by atoms with Crippen LogP contribution in [0.4, 0.5) is 10.7 Å². The number of nitrogens with zero attached hydrogens (tertiary/aromatic N) is 2. The summed E-state index contributed by atoms with van der Waals surface area (Å²) in [6.07, 6.45) is 0.853. The molecule has 1 fully saturated rings. The highest BCUT2D eigenvalue weighted by molar-refractivity contribution is 7.80. The minimum absolute atomic E-state index is 0.356. The van der Waals surface area contributed by atoms with Crippen LogP contribution in [-0.4, -0.2) is 49.3 Å². The minimum Gasteiger partial charge on any atom is -0.465 e. The first-order chi connectivity index (χ1) is 13.4. The smallest absolute Gasteiger partial charge is 0.340 e. The van der Waals surface area contributed by atoms with Gasteiger partial charge in [-0.2, -0.15) is 0 Å². The van der Waals surface area contributed by atoms with Crippen molar-refractivity contribution in [2.24, 2.45) is 0 Å². The van der Waals surface area contributed by atoms with Crippen molar-refractivity contribution < 1.29 is 9.53 Å². The quantitative estimate of drug-likeness (QED) is 0.518. The first-order valence-electron chi connectivity index (χ1n) is 8.90. The summed E-state index contributed by atoms with van der Waals surface area (Å²) >= 11 is 19.3. The Morgan fingerprint density at radius 2 is 1.93 bits per heavy atom. The molecular formula is C19H21Cl2N3O2S2. The van der Waals surface area contributed by atoms with Crippen LogP contribution < -0.4 is 10.2 Å². The summed E-state index contributed by atoms with van der Waals surface area (Å²) in [6, 6.07) is 7.54. The van der Waals surface area contributed by atoms with Crippen molar-refractivity contribution in [3.05, 3.63) is 44.8 Å². The lowest BCUT2D eigenvalue weighted by molar-refractivity contribution is 0.0602. The molecule has 1 aliphatic rings. The number of carbonyl (C=O) groups is 1. The maximum Gasteiger partial charge on any atom is 0.340 e. The zero-order valence-corrected chi connectivity index (χ0v) is 18.8. The highest BCUT2D eigenvalue weighted by Crippen LogP contribution is 2.30. The van der Waals surface area contributed by atoms with Crippen molar-refractivity contribution in [1.82, 2.24) is 4.90 Å². The normalized spacial score (nSPS) is 14.1. The Bertz CT molecular complexity index is 880. The third-order valence-electron chi connectivity index (χ3n) is 4.59. The second kappa shape index (κ2) is 9.31. The average Bonchev–Trinajstić information content (AvgIpc) is 3.12. The molecular weight excluding hydrogens is 437 g/mol. The summed E-state index contributed by atoms with van der Waals surface area (Å²) in [7, 11) is 1.38. The van der Waals surface area contributed by atoms with Crippen LogP contribution in [0, 0.1) is 0 Å². The average molecular weight is 458 g/mol. The van der Waals surface area contributed by atoms with Gasteiger partial charge < -0.3 is 19.9 Å². The third-order valence-corrected chi connectivity index (χ3v) is 6.89. The van der Waals surface area contributed by atoms with E-state index >= 15 is 0 Å². The highest BCUT2D eigenvalue weighted by Gasteiger charge is 2.22. The Morgan fingerprint density at radius 3 is 2.54 bits per heavy atom. The van der Waals surface area contributed by atoms with E-state index in [4.69, 9.17) is 40.2 Å². The Balaban J connectivity index is 1.63. The van der Waals surface area contributed by atoms with Crippen LogP contribution >= 0.6 is 46.8 Å². The summed E-state index contributed by atoms with van der Waals surface area (Å²) in [5, 5.41) is 5.70. The molecule has 0 saturated carbocycles. The van der Waals surface area contributed by atoms with Crippen molar-refractivity contribution >= 4 is 68.5 Å². The number of aryl methyl sites for hydroxylation is 1. The second-order valence-electron chi connectivity index (χ2n) is 6.30. The summed E-state index contributed by atoms with van der Waals surface area (Å²) in [5.41, 5.74) is 1.58. The van der Waals surface area contributed by atoms with E-state index in [2.05, 4.69) is 22.0 Å². The van der Waals surface area contributed by atoms with Crippen LogP contribution in [0.25, 0.3) is 0 Å². The van der Waals surface area contributed by atoms with E-state index in [-0.39, 0.29) is 5.97 Å². The van der Waals surface area contributed by atoms with E-state index in [0.29, 0.717) is 20.7 Å². The topological polar surface area (TPSA) is 44.8 Å². The fourth-order valence-corrected chi connectivity index (χ4v) is 4.62. The van der Waals surface area contributed by atoms with Crippen molar-refractivity contribution in [2.45, 2.75) is 13.3 Å². The number of carbonyl (C=O) groups excluding carboxylic acids is 1. The fraction of sp³-hybridized carbons (Fsp3) is 0.368. The van der Waals surface area contributed by atoms with Gasteiger partial charge in [-0.3, -0.25) is 0 Å². The van der Waals surface area contributed by atoms with Crippen LogP contribution in [0.15, 0.2) is 24.3 Å². The molecule has 0 bridgehead atoms. The van der Waals surface area contributed by atoms with E-state index in [9.17, 15) is 4.79 Å². The molecule has 0 spiro atoms. The lowest BCUT2D eigenvalue weighted by Crippen LogP contribution is -2.50. The molecule has 150 valence electrons. The fourth-order valence-electron chi connectivity index (χ4n) is 3.00. The molecule has 1 aromatic heterocycles. The van der Waals surface area contributed by atoms with E-state index in [1.54, 1.807) is 0 Å². The van der Waals surface area contributed by atoms with Gasteiger partial charge in [0.15, 0.2) is 5.11 Å². The maximum atomic E-state index is 12.0. The van der Waals surface area contributed by atoms with E-state index in [1.165, 1.54) is 18.4 Å². The van der Waals surface area contributed by atoms with Gasteiger partial charge in [-0.25, -0.2) is 4.79 Å². The molecule has 9 heteroatoms. The number of esters is 1. The lowest BCUT2D eigenvalue weighted by Gasteiger charge is -2.37. The monoisotopic (exact) mass is 457 g/mol. The SMILES string of the molecule is CCc1cc(C(=O)OC)c(NC(=S)N2CCN(c3ccc(Cl)c(Cl)c3)CC2)s1. The van der Waals surface area contributed by atoms with Gasteiger partial charge in [-0.05, 0) is 42.9 Å². The van der Waals surface area contributed by atoms with Gasteiger partial charge in [0, 0.05) is 36.7 Å². The van der Waals surface area contributed by atoms with Crippen molar-refractivity contribution in [2.75, 3.05) is 43.5 Å². The molecule has 1 aliphatic heterocycles. The number of ether oxygens (including phenoxy) is 1. The van der Waals surface area contributed by atoms with E-state index in [1.807, 2.05) is 24.3 Å². The molecule has 0 atom stereocenters. The number of piperazine rings is 1. The third kappa shape index (κ3) is 4.71. The molecule has 5 nitrogen and oxygen atoms in total. The number of anilines is 2. The van der Waals surface area contributed by atoms with Crippen molar-refractivity contribution in [3.8, 4) is 0 Å². The standard InChI is InChI=1S/C19H21Cl2N3O2S2/c1-3-13-11-14(18(25)26-2)17(28-13)22-19(27)24-8-6-23(7-9-24)12-4-5-15(20)16(21)10-12/h4-5,10-11H,3,6-9H2,1-2H3,(H,22,27). The van der Waals surface area contributed by atoms with Gasteiger partial charge in [0.2, 0.25) is 0 Å². The molecule has 3 rings (SSSR count). The second-order valence-corrected chi connectivity index (χ2v) is 8.64. The Kier molecular flexibility index (Phi) is 7.04. The van der Waals surface area contributed by atoms with Gasteiger partial charge in [0.1, 0.15) is 5.00 Å². The van der Waals surface area contributed by atoms with Gasteiger partial charge in [-0.1, -0.05) is 30.1 Å². The lowest BCUT2D eigenvalue weighted by atomic mass is 10.2. The number of thiophene rings is 1. The summed E-state index contributed by atoms with van der Waals surface area (Å²) in [4.78, 5) is 17.5. The zero-order chi connectivity index (χ0) is 20.3. The Morgan fingerprint density at radius 1 is 1.21 bits per heavy atom. The number of methoxy groups -OCH3 is 1. The van der Waals surface area contributed by atoms with Gasteiger partial charge in [0.25, 0.3) is 0 Å². The van der Waals surface area contributed by atoms with E-state index in [0.717, 1.165) is 48.2 Å². The van der Waals surface area contributed by atoms with Crippen LogP contribution in [0.5, 0.6) is 0 Å². The number of halogens is 2. The van der Waals surface area contributed by atoms with Crippen LogP contribution in [-0.2, 0) is 11.2 Å². The molecule has 0 radical (unpaired) electrons. The maximum absolute atomic E-state index is 12.0. The molecule has 28 heavy (non-hydrogen) atoms.